The smallest absolute Gasteiger partial charge is 0.0961 e. The molecule has 0 spiro atoms. The minimum Gasteiger partial charge on any atom is -0.390 e. The highest BCUT2D eigenvalue weighted by molar-refractivity contribution is 4.79. The van der Waals surface area contributed by atoms with Crippen LogP contribution >= 0.6 is 0 Å². The molecule has 1 aliphatic heterocycles. The Morgan fingerprint density at radius 2 is 2.00 bits per heavy atom. The van der Waals surface area contributed by atoms with Gasteiger partial charge < -0.3 is 9.84 Å². The maximum atomic E-state index is 9.99. The Labute approximate surface area is 93.4 Å². The number of rotatable bonds is 4. The number of aliphatic hydroxyl groups excluding tert-OH is 1. The summed E-state index contributed by atoms with van der Waals surface area (Å²) in [6.07, 6.45) is 0.520. The molecule has 2 unspecified atom stereocenters. The molecule has 1 heterocycles. The van der Waals surface area contributed by atoms with Crippen molar-refractivity contribution < 1.29 is 9.84 Å². The van der Waals surface area contributed by atoms with Gasteiger partial charge in [-0.3, -0.25) is 4.90 Å². The van der Waals surface area contributed by atoms with Crippen molar-refractivity contribution in [3.8, 4) is 0 Å². The quantitative estimate of drug-likeness (QED) is 0.771. The normalized spacial score (nSPS) is 26.2. The first kappa shape index (κ1) is 12.9. The number of aliphatic hydroxyl groups is 1. The molecule has 0 aromatic carbocycles. The van der Waals surface area contributed by atoms with Gasteiger partial charge in [0.2, 0.25) is 0 Å². The van der Waals surface area contributed by atoms with Crippen molar-refractivity contribution in [1.29, 1.82) is 0 Å². The fourth-order valence-corrected chi connectivity index (χ4v) is 2.03. The topological polar surface area (TPSA) is 32.7 Å². The zero-order chi connectivity index (χ0) is 11.4. The van der Waals surface area contributed by atoms with Crippen molar-refractivity contribution in [3.05, 3.63) is 0 Å². The van der Waals surface area contributed by atoms with E-state index in [-0.39, 0.29) is 12.2 Å². The summed E-state index contributed by atoms with van der Waals surface area (Å²) in [5.74, 6) is 0.526. The van der Waals surface area contributed by atoms with Crippen LogP contribution in [-0.4, -0.2) is 48.0 Å². The molecular formula is C12H25NO2. The lowest BCUT2D eigenvalue weighted by Crippen LogP contribution is -2.50. The summed E-state index contributed by atoms with van der Waals surface area (Å²) >= 11 is 0. The van der Waals surface area contributed by atoms with Gasteiger partial charge in [0.1, 0.15) is 0 Å². The molecule has 2 atom stereocenters. The van der Waals surface area contributed by atoms with Gasteiger partial charge in [-0.05, 0) is 26.2 Å². The van der Waals surface area contributed by atoms with Crippen molar-refractivity contribution in [2.24, 2.45) is 5.92 Å². The van der Waals surface area contributed by atoms with Crippen LogP contribution in [0.1, 0.15) is 34.1 Å². The van der Waals surface area contributed by atoms with Gasteiger partial charge in [0, 0.05) is 19.1 Å². The second-order valence-corrected chi connectivity index (χ2v) is 5.19. The van der Waals surface area contributed by atoms with E-state index < -0.39 is 0 Å². The molecule has 0 radical (unpaired) electrons. The molecule has 1 saturated heterocycles. The van der Waals surface area contributed by atoms with Gasteiger partial charge in [-0.1, -0.05) is 13.8 Å². The van der Waals surface area contributed by atoms with Gasteiger partial charge in [0.15, 0.2) is 0 Å². The summed E-state index contributed by atoms with van der Waals surface area (Å²) in [7, 11) is 0. The molecule has 0 aromatic rings. The summed E-state index contributed by atoms with van der Waals surface area (Å²) in [5, 5.41) is 9.99. The summed E-state index contributed by atoms with van der Waals surface area (Å²) in [4.78, 5) is 2.37. The van der Waals surface area contributed by atoms with Crippen LogP contribution in [0, 0.1) is 5.92 Å². The van der Waals surface area contributed by atoms with Crippen LogP contribution in [0.15, 0.2) is 0 Å². The number of hydrogen-bond donors (Lipinski definition) is 1. The van der Waals surface area contributed by atoms with Crippen LogP contribution in [0.4, 0.5) is 0 Å². The fraction of sp³-hybridized carbons (Fsp3) is 1.00. The van der Waals surface area contributed by atoms with E-state index in [4.69, 9.17) is 4.74 Å². The molecule has 1 aliphatic rings. The molecular weight excluding hydrogens is 190 g/mol. The third kappa shape index (κ3) is 4.09. The molecule has 3 nitrogen and oxygen atoms in total. The molecule has 0 amide bonds. The van der Waals surface area contributed by atoms with Gasteiger partial charge in [-0.15, -0.1) is 0 Å². The van der Waals surface area contributed by atoms with Crippen LogP contribution in [0.3, 0.4) is 0 Å². The van der Waals surface area contributed by atoms with E-state index in [0.29, 0.717) is 12.0 Å². The van der Waals surface area contributed by atoms with Crippen LogP contribution < -0.4 is 0 Å². The lowest BCUT2D eigenvalue weighted by molar-refractivity contribution is -0.0990. The summed E-state index contributed by atoms with van der Waals surface area (Å²) in [6, 6.07) is 0.544. The first-order valence-corrected chi connectivity index (χ1v) is 6.04. The first-order chi connectivity index (χ1) is 7.00. The lowest BCUT2D eigenvalue weighted by atomic mass is 10.0. The molecule has 0 bridgehead atoms. The summed E-state index contributed by atoms with van der Waals surface area (Å²) < 4.78 is 5.63. The van der Waals surface area contributed by atoms with Crippen molar-refractivity contribution in [3.63, 3.8) is 0 Å². The second-order valence-electron chi connectivity index (χ2n) is 5.19. The van der Waals surface area contributed by atoms with Gasteiger partial charge in [0.25, 0.3) is 0 Å². The molecule has 3 heteroatoms. The Hall–Kier alpha value is -0.120. The molecule has 0 aliphatic carbocycles. The van der Waals surface area contributed by atoms with Crippen molar-refractivity contribution in [2.75, 3.05) is 19.7 Å². The first-order valence-electron chi connectivity index (χ1n) is 6.04. The maximum Gasteiger partial charge on any atom is 0.0961 e. The van der Waals surface area contributed by atoms with E-state index in [1.807, 2.05) is 0 Å². The molecule has 0 saturated carbocycles. The number of ether oxygens (including phenoxy) is 1. The van der Waals surface area contributed by atoms with Crippen molar-refractivity contribution in [2.45, 2.75) is 52.4 Å². The molecule has 1 fully saturated rings. The monoisotopic (exact) mass is 215 g/mol. The second kappa shape index (κ2) is 5.83. The number of nitrogens with zero attached hydrogens (tertiary/aromatic N) is 1. The summed E-state index contributed by atoms with van der Waals surface area (Å²) in [6.45, 7) is 11.2. The van der Waals surface area contributed by atoms with E-state index >= 15 is 0 Å². The van der Waals surface area contributed by atoms with E-state index in [1.54, 1.807) is 0 Å². The van der Waals surface area contributed by atoms with Gasteiger partial charge >= 0.3 is 0 Å². The minimum absolute atomic E-state index is 0.00329. The SMILES string of the molecule is CC(C)CC(O)C1CN(C(C)C)CCO1. The molecule has 15 heavy (non-hydrogen) atoms. The fourth-order valence-electron chi connectivity index (χ4n) is 2.03. The Kier molecular flexibility index (Phi) is 5.03. The zero-order valence-electron chi connectivity index (χ0n) is 10.4. The van der Waals surface area contributed by atoms with Gasteiger partial charge in [-0.25, -0.2) is 0 Å². The predicted octanol–water partition coefficient (Wildman–Crippen LogP) is 1.50. The van der Waals surface area contributed by atoms with E-state index in [2.05, 4.69) is 32.6 Å². The Bertz CT molecular complexity index is 182. The molecule has 1 rings (SSSR count). The number of morpholine rings is 1. The summed E-state index contributed by atoms with van der Waals surface area (Å²) in [5.41, 5.74) is 0. The van der Waals surface area contributed by atoms with E-state index in [0.717, 1.165) is 26.1 Å². The number of hydrogen-bond acceptors (Lipinski definition) is 3. The average Bonchev–Trinajstić information content (AvgIpc) is 2.17. The lowest BCUT2D eigenvalue weighted by Gasteiger charge is -2.37. The molecule has 1 N–H and O–H groups in total. The Morgan fingerprint density at radius 3 is 2.53 bits per heavy atom. The highest BCUT2D eigenvalue weighted by Crippen LogP contribution is 2.16. The highest BCUT2D eigenvalue weighted by atomic mass is 16.5. The molecule has 90 valence electrons. The molecule has 0 aromatic heterocycles. The van der Waals surface area contributed by atoms with Crippen molar-refractivity contribution in [1.82, 2.24) is 4.90 Å². The van der Waals surface area contributed by atoms with Gasteiger partial charge in [-0.2, -0.15) is 0 Å². The van der Waals surface area contributed by atoms with Crippen molar-refractivity contribution >= 4 is 0 Å². The maximum absolute atomic E-state index is 9.99. The highest BCUT2D eigenvalue weighted by Gasteiger charge is 2.28. The largest absolute Gasteiger partial charge is 0.390 e. The van der Waals surface area contributed by atoms with E-state index in [1.165, 1.54) is 0 Å². The van der Waals surface area contributed by atoms with E-state index in [9.17, 15) is 5.11 Å². The Morgan fingerprint density at radius 1 is 1.33 bits per heavy atom. The van der Waals surface area contributed by atoms with Crippen LogP contribution in [0.5, 0.6) is 0 Å². The third-order valence-electron chi connectivity index (χ3n) is 3.00. The van der Waals surface area contributed by atoms with Crippen LogP contribution in [0.2, 0.25) is 0 Å². The predicted molar refractivity (Wildman–Crippen MR) is 61.9 cm³/mol. The standard InChI is InChI=1S/C12H25NO2/c1-9(2)7-11(14)12-8-13(10(3)4)5-6-15-12/h9-12,14H,5-8H2,1-4H3. The van der Waals surface area contributed by atoms with Gasteiger partial charge in [0.05, 0.1) is 18.8 Å². The minimum atomic E-state index is -0.313. The average molecular weight is 215 g/mol. The Balaban J connectivity index is 2.41. The van der Waals surface area contributed by atoms with Crippen LogP contribution in [-0.2, 0) is 4.74 Å². The third-order valence-corrected chi connectivity index (χ3v) is 3.00. The zero-order valence-corrected chi connectivity index (χ0v) is 10.4. The van der Waals surface area contributed by atoms with Crippen LogP contribution in [0.25, 0.3) is 0 Å².